The largest absolute Gasteiger partial charge is 0.497 e. The molecule has 0 spiro atoms. The molecule has 6 heteroatoms. The second-order valence-electron chi connectivity index (χ2n) is 6.51. The van der Waals surface area contributed by atoms with Crippen LogP contribution in [0.15, 0.2) is 30.5 Å². The molecule has 1 aromatic carbocycles. The van der Waals surface area contributed by atoms with E-state index >= 15 is 0 Å². The molecule has 0 radical (unpaired) electrons. The number of ether oxygens (including phenoxy) is 1. The van der Waals surface area contributed by atoms with Gasteiger partial charge in [-0.3, -0.25) is 10.1 Å². The standard InChI is InChI=1S/C19H23N3O3/c1-13-12-15(25-2)7-8-16(13)17-9-11-21-19(18(17)22(23)24)20-10-3-4-14-5-6-14/h7-9,11-12,14H,3-6,10H2,1-2H3,(H,20,21). The number of nitro groups is 1. The van der Waals surface area contributed by atoms with Crippen LogP contribution in [0.5, 0.6) is 5.75 Å². The molecule has 1 fully saturated rings. The lowest BCUT2D eigenvalue weighted by atomic mass is 9.99. The molecule has 0 bridgehead atoms. The first-order valence-corrected chi connectivity index (χ1v) is 8.62. The highest BCUT2D eigenvalue weighted by molar-refractivity contribution is 5.82. The summed E-state index contributed by atoms with van der Waals surface area (Å²) in [6, 6.07) is 7.24. The number of rotatable bonds is 8. The molecular formula is C19H23N3O3. The normalized spacial score (nSPS) is 13.5. The fourth-order valence-electron chi connectivity index (χ4n) is 3.05. The van der Waals surface area contributed by atoms with Crippen LogP contribution < -0.4 is 10.1 Å². The van der Waals surface area contributed by atoms with E-state index in [2.05, 4.69) is 10.3 Å². The van der Waals surface area contributed by atoms with Gasteiger partial charge in [-0.05, 0) is 55.0 Å². The van der Waals surface area contributed by atoms with Gasteiger partial charge in [-0.15, -0.1) is 0 Å². The molecule has 1 saturated carbocycles. The van der Waals surface area contributed by atoms with Gasteiger partial charge in [0.25, 0.3) is 0 Å². The zero-order chi connectivity index (χ0) is 17.8. The van der Waals surface area contributed by atoms with Crippen LogP contribution in [0.1, 0.15) is 31.2 Å². The van der Waals surface area contributed by atoms with Crippen LogP contribution in [-0.2, 0) is 0 Å². The second-order valence-corrected chi connectivity index (χ2v) is 6.51. The van der Waals surface area contributed by atoms with Gasteiger partial charge in [0, 0.05) is 12.7 Å². The molecule has 0 saturated heterocycles. The van der Waals surface area contributed by atoms with Crippen molar-refractivity contribution >= 4 is 11.5 Å². The molecule has 2 aromatic rings. The summed E-state index contributed by atoms with van der Waals surface area (Å²) in [6.07, 6.45) is 6.46. The van der Waals surface area contributed by atoms with Crippen LogP contribution in [0.3, 0.4) is 0 Å². The van der Waals surface area contributed by atoms with Gasteiger partial charge in [0.15, 0.2) is 0 Å². The highest BCUT2D eigenvalue weighted by Crippen LogP contribution is 2.37. The number of nitrogens with one attached hydrogen (secondary N) is 1. The van der Waals surface area contributed by atoms with E-state index in [0.29, 0.717) is 17.9 Å². The zero-order valence-corrected chi connectivity index (χ0v) is 14.6. The van der Waals surface area contributed by atoms with E-state index in [1.54, 1.807) is 19.4 Å². The Morgan fingerprint density at radius 3 is 2.76 bits per heavy atom. The molecule has 6 nitrogen and oxygen atoms in total. The number of pyridine rings is 1. The Hall–Kier alpha value is -2.63. The predicted octanol–water partition coefficient (Wildman–Crippen LogP) is 4.58. The zero-order valence-electron chi connectivity index (χ0n) is 14.6. The number of aromatic nitrogens is 1. The molecule has 0 amide bonds. The van der Waals surface area contributed by atoms with E-state index in [0.717, 1.165) is 29.2 Å². The number of methoxy groups -OCH3 is 1. The number of benzene rings is 1. The number of nitrogens with zero attached hydrogens (tertiary/aromatic N) is 2. The minimum absolute atomic E-state index is 0.0298. The lowest BCUT2D eigenvalue weighted by molar-refractivity contribution is -0.383. The first kappa shape index (κ1) is 17.2. The summed E-state index contributed by atoms with van der Waals surface area (Å²) in [6.45, 7) is 2.63. The third kappa shape index (κ3) is 4.07. The fraction of sp³-hybridized carbons (Fsp3) is 0.421. The van der Waals surface area contributed by atoms with Crippen molar-refractivity contribution in [3.8, 4) is 16.9 Å². The van der Waals surface area contributed by atoms with Crippen LogP contribution >= 0.6 is 0 Å². The van der Waals surface area contributed by atoms with Gasteiger partial charge in [0.1, 0.15) is 5.75 Å². The Labute approximate surface area is 147 Å². The van der Waals surface area contributed by atoms with Gasteiger partial charge in [0.05, 0.1) is 17.6 Å². The van der Waals surface area contributed by atoms with Crippen molar-refractivity contribution < 1.29 is 9.66 Å². The minimum atomic E-state index is -0.352. The molecule has 1 aliphatic rings. The van der Waals surface area contributed by atoms with E-state index in [-0.39, 0.29) is 10.6 Å². The molecule has 1 aliphatic carbocycles. The maximum absolute atomic E-state index is 11.7. The Kier molecular flexibility index (Phi) is 5.16. The first-order chi connectivity index (χ1) is 12.1. The van der Waals surface area contributed by atoms with Gasteiger partial charge >= 0.3 is 5.69 Å². The Morgan fingerprint density at radius 1 is 1.32 bits per heavy atom. The highest BCUT2D eigenvalue weighted by Gasteiger charge is 2.24. The van der Waals surface area contributed by atoms with Crippen molar-refractivity contribution in [1.29, 1.82) is 0 Å². The van der Waals surface area contributed by atoms with Gasteiger partial charge in [-0.2, -0.15) is 0 Å². The van der Waals surface area contributed by atoms with E-state index in [1.165, 1.54) is 19.3 Å². The lowest BCUT2D eigenvalue weighted by Gasteiger charge is -2.12. The lowest BCUT2D eigenvalue weighted by Crippen LogP contribution is -2.07. The fourth-order valence-corrected chi connectivity index (χ4v) is 3.05. The van der Waals surface area contributed by atoms with E-state index in [4.69, 9.17) is 4.74 Å². The van der Waals surface area contributed by atoms with Crippen molar-refractivity contribution in [3.63, 3.8) is 0 Å². The number of anilines is 1. The summed E-state index contributed by atoms with van der Waals surface area (Å²) in [5.74, 6) is 1.93. The summed E-state index contributed by atoms with van der Waals surface area (Å²) >= 11 is 0. The van der Waals surface area contributed by atoms with Crippen molar-refractivity contribution in [2.24, 2.45) is 5.92 Å². The average Bonchev–Trinajstić information content (AvgIpc) is 3.42. The van der Waals surface area contributed by atoms with Crippen molar-refractivity contribution in [2.75, 3.05) is 19.0 Å². The second kappa shape index (κ2) is 7.51. The summed E-state index contributed by atoms with van der Waals surface area (Å²) in [5.41, 5.74) is 2.34. The summed E-state index contributed by atoms with van der Waals surface area (Å²) in [5, 5.41) is 14.9. The van der Waals surface area contributed by atoms with Crippen molar-refractivity contribution in [3.05, 3.63) is 46.1 Å². The number of hydrogen-bond acceptors (Lipinski definition) is 5. The summed E-state index contributed by atoms with van der Waals surface area (Å²) < 4.78 is 5.22. The third-order valence-corrected chi connectivity index (χ3v) is 4.61. The average molecular weight is 341 g/mol. The maximum Gasteiger partial charge on any atom is 0.319 e. The molecule has 3 rings (SSSR count). The van der Waals surface area contributed by atoms with E-state index < -0.39 is 0 Å². The molecular weight excluding hydrogens is 318 g/mol. The molecule has 1 N–H and O–H groups in total. The molecule has 1 heterocycles. The Balaban J connectivity index is 1.87. The minimum Gasteiger partial charge on any atom is -0.497 e. The van der Waals surface area contributed by atoms with Gasteiger partial charge in [-0.1, -0.05) is 18.9 Å². The SMILES string of the molecule is COc1ccc(-c2ccnc(NCCCC3CC3)c2[N+](=O)[O-])c(C)c1. The van der Waals surface area contributed by atoms with E-state index in [1.807, 2.05) is 25.1 Å². The van der Waals surface area contributed by atoms with Gasteiger partial charge in [-0.25, -0.2) is 4.98 Å². The molecule has 25 heavy (non-hydrogen) atoms. The molecule has 1 aromatic heterocycles. The summed E-state index contributed by atoms with van der Waals surface area (Å²) in [4.78, 5) is 15.6. The van der Waals surface area contributed by atoms with Crippen LogP contribution in [-0.4, -0.2) is 23.6 Å². The molecule has 0 atom stereocenters. The quantitative estimate of drug-likeness (QED) is 0.432. The number of hydrogen-bond donors (Lipinski definition) is 1. The van der Waals surface area contributed by atoms with Crippen LogP contribution in [0, 0.1) is 23.0 Å². The third-order valence-electron chi connectivity index (χ3n) is 4.61. The first-order valence-electron chi connectivity index (χ1n) is 8.62. The topological polar surface area (TPSA) is 77.3 Å². The van der Waals surface area contributed by atoms with Crippen LogP contribution in [0.4, 0.5) is 11.5 Å². The Morgan fingerprint density at radius 2 is 2.12 bits per heavy atom. The maximum atomic E-state index is 11.7. The van der Waals surface area contributed by atoms with E-state index in [9.17, 15) is 10.1 Å². The predicted molar refractivity (Wildman–Crippen MR) is 98.1 cm³/mol. The monoisotopic (exact) mass is 341 g/mol. The highest BCUT2D eigenvalue weighted by atomic mass is 16.6. The molecule has 0 unspecified atom stereocenters. The molecule has 132 valence electrons. The van der Waals surface area contributed by atoms with Gasteiger partial charge < -0.3 is 10.1 Å². The van der Waals surface area contributed by atoms with Crippen LogP contribution in [0.25, 0.3) is 11.1 Å². The smallest absolute Gasteiger partial charge is 0.319 e. The van der Waals surface area contributed by atoms with Crippen LogP contribution in [0.2, 0.25) is 0 Å². The van der Waals surface area contributed by atoms with Gasteiger partial charge in [0.2, 0.25) is 5.82 Å². The van der Waals surface area contributed by atoms with Crippen molar-refractivity contribution in [2.45, 2.75) is 32.6 Å². The summed E-state index contributed by atoms with van der Waals surface area (Å²) in [7, 11) is 1.60. The number of aryl methyl sites for hydroxylation is 1. The molecule has 0 aliphatic heterocycles. The Bertz CT molecular complexity index is 773. The van der Waals surface area contributed by atoms with Crippen molar-refractivity contribution in [1.82, 2.24) is 4.98 Å².